The average molecular weight is 514 g/mol. The first kappa shape index (κ1) is 22.5. The molecule has 1 N–H and O–H groups in total. The minimum atomic E-state index is -0.514. The fourth-order valence-electron chi connectivity index (χ4n) is 4.22. The van der Waals surface area contributed by atoms with E-state index in [1.807, 2.05) is 53.2 Å². The van der Waals surface area contributed by atoms with Crippen molar-refractivity contribution in [1.82, 2.24) is 9.58 Å². The summed E-state index contributed by atoms with van der Waals surface area (Å²) in [6, 6.07) is 21.6. The number of fused-ring (bicyclic) bond motifs is 2. The summed E-state index contributed by atoms with van der Waals surface area (Å²) in [5.41, 5.74) is 3.02. The van der Waals surface area contributed by atoms with Crippen molar-refractivity contribution in [3.8, 4) is 0 Å². The molecule has 9 heteroatoms. The molecule has 6 rings (SSSR count). The standard InChI is InChI=1S/C27H17ClFN5OS/c28-21-10-4-2-9-19(21)26-32-34-24(30)20(25(35)31-27(34)36-26)13-17-15-33(23-12-6-3-8-18(17)23)14-16-7-1-5-11-22(16)29/h1-13,15,30H,14H2. The highest BCUT2D eigenvalue weighted by Crippen LogP contribution is 2.34. The Morgan fingerprint density at radius 1 is 1.03 bits per heavy atom. The maximum absolute atomic E-state index is 14.3. The Kier molecular flexibility index (Phi) is 5.55. The number of hydrogen-bond acceptors (Lipinski definition) is 4. The Morgan fingerprint density at radius 2 is 1.78 bits per heavy atom. The molecular formula is C27H17ClFN5OS. The first-order chi connectivity index (χ1) is 17.5. The summed E-state index contributed by atoms with van der Waals surface area (Å²) < 4.78 is 16.3. The van der Waals surface area contributed by atoms with Crippen LogP contribution in [0.1, 0.15) is 16.7 Å². The zero-order valence-corrected chi connectivity index (χ0v) is 20.2. The van der Waals surface area contributed by atoms with Gasteiger partial charge in [-0.3, -0.25) is 10.2 Å². The van der Waals surface area contributed by atoms with E-state index in [2.05, 4.69) is 10.1 Å². The second-order valence-corrected chi connectivity index (χ2v) is 9.59. The van der Waals surface area contributed by atoms with Crippen LogP contribution in [-0.2, 0) is 11.3 Å². The van der Waals surface area contributed by atoms with Gasteiger partial charge in [0.25, 0.3) is 5.91 Å². The molecule has 3 heterocycles. The largest absolute Gasteiger partial charge is 0.342 e. The van der Waals surface area contributed by atoms with Gasteiger partial charge in [0.1, 0.15) is 10.9 Å². The van der Waals surface area contributed by atoms with E-state index in [0.29, 0.717) is 32.9 Å². The molecule has 6 nitrogen and oxygen atoms in total. The fourth-order valence-corrected chi connectivity index (χ4v) is 5.43. The van der Waals surface area contributed by atoms with E-state index in [4.69, 9.17) is 17.0 Å². The molecule has 0 atom stereocenters. The Balaban J connectivity index is 1.39. The van der Waals surface area contributed by atoms with Crippen molar-refractivity contribution in [1.29, 1.82) is 5.41 Å². The molecule has 2 aliphatic heterocycles. The maximum atomic E-state index is 14.3. The zero-order valence-electron chi connectivity index (χ0n) is 18.7. The van der Waals surface area contributed by atoms with E-state index in [0.717, 1.165) is 16.5 Å². The van der Waals surface area contributed by atoms with Gasteiger partial charge in [0.15, 0.2) is 5.84 Å². The molecule has 0 saturated heterocycles. The number of nitrogens with zero attached hydrogens (tertiary/aromatic N) is 4. The summed E-state index contributed by atoms with van der Waals surface area (Å²) in [6.07, 6.45) is 3.51. The first-order valence-corrected chi connectivity index (χ1v) is 12.3. The third-order valence-electron chi connectivity index (χ3n) is 5.98. The van der Waals surface area contributed by atoms with Gasteiger partial charge in [-0.15, -0.1) is 0 Å². The molecule has 2 aliphatic rings. The van der Waals surface area contributed by atoms with Gasteiger partial charge in [-0.2, -0.15) is 15.1 Å². The Labute approximate surface area is 214 Å². The van der Waals surface area contributed by atoms with E-state index in [1.54, 1.807) is 30.3 Å². The second kappa shape index (κ2) is 8.89. The molecule has 176 valence electrons. The van der Waals surface area contributed by atoms with Gasteiger partial charge in [0, 0.05) is 33.8 Å². The van der Waals surface area contributed by atoms with Crippen molar-refractivity contribution in [3.63, 3.8) is 0 Å². The molecule has 0 bridgehead atoms. The number of para-hydroxylation sites is 1. The lowest BCUT2D eigenvalue weighted by Gasteiger charge is -2.20. The smallest absolute Gasteiger partial charge is 0.283 e. The van der Waals surface area contributed by atoms with Crippen LogP contribution in [0.3, 0.4) is 0 Å². The summed E-state index contributed by atoms with van der Waals surface area (Å²) in [5.74, 6) is -0.856. The lowest BCUT2D eigenvalue weighted by molar-refractivity contribution is -0.114. The molecule has 1 aromatic heterocycles. The van der Waals surface area contributed by atoms with Crippen LogP contribution in [0.5, 0.6) is 0 Å². The average Bonchev–Trinajstić information content (AvgIpc) is 3.45. The Morgan fingerprint density at radius 3 is 2.61 bits per heavy atom. The van der Waals surface area contributed by atoms with Crippen molar-refractivity contribution in [2.24, 2.45) is 10.1 Å². The van der Waals surface area contributed by atoms with Gasteiger partial charge in [0.05, 0.1) is 17.1 Å². The van der Waals surface area contributed by atoms with Crippen molar-refractivity contribution in [3.05, 3.63) is 112 Å². The van der Waals surface area contributed by atoms with Crippen molar-refractivity contribution >= 4 is 62.3 Å². The first-order valence-electron chi connectivity index (χ1n) is 11.1. The van der Waals surface area contributed by atoms with Crippen LogP contribution in [-0.4, -0.2) is 31.5 Å². The zero-order chi connectivity index (χ0) is 24.8. The molecule has 1 amide bonds. The summed E-state index contributed by atoms with van der Waals surface area (Å²) in [6.45, 7) is 0.332. The molecule has 0 spiro atoms. The predicted octanol–water partition coefficient (Wildman–Crippen LogP) is 6.15. The van der Waals surface area contributed by atoms with Gasteiger partial charge in [0.2, 0.25) is 5.17 Å². The third kappa shape index (κ3) is 3.84. The number of carbonyl (C=O) groups excluding carboxylic acids is 1. The van der Waals surface area contributed by atoms with Crippen LogP contribution in [0.2, 0.25) is 5.02 Å². The van der Waals surface area contributed by atoms with Crippen LogP contribution in [0.4, 0.5) is 4.39 Å². The molecule has 0 unspecified atom stereocenters. The minimum Gasteiger partial charge on any atom is -0.342 e. The van der Waals surface area contributed by atoms with E-state index in [1.165, 1.54) is 22.8 Å². The lowest BCUT2D eigenvalue weighted by Crippen LogP contribution is -2.35. The number of hydrazone groups is 1. The number of hydrogen-bond donors (Lipinski definition) is 1. The number of thioether (sulfide) groups is 1. The molecule has 36 heavy (non-hydrogen) atoms. The second-order valence-electron chi connectivity index (χ2n) is 8.23. The number of nitrogens with one attached hydrogen (secondary N) is 1. The van der Waals surface area contributed by atoms with Crippen LogP contribution in [0.15, 0.2) is 94.7 Å². The number of benzene rings is 3. The molecule has 3 aromatic carbocycles. The number of halogens is 2. The van der Waals surface area contributed by atoms with Gasteiger partial charge < -0.3 is 4.57 Å². The van der Waals surface area contributed by atoms with E-state index < -0.39 is 5.91 Å². The molecule has 0 fully saturated rings. The van der Waals surface area contributed by atoms with Crippen LogP contribution < -0.4 is 0 Å². The lowest BCUT2D eigenvalue weighted by atomic mass is 10.1. The van der Waals surface area contributed by atoms with Crippen molar-refractivity contribution in [2.75, 3.05) is 0 Å². The minimum absolute atomic E-state index is 0.0644. The Bertz CT molecular complexity index is 1670. The highest BCUT2D eigenvalue weighted by molar-refractivity contribution is 8.27. The molecule has 0 aliphatic carbocycles. The maximum Gasteiger partial charge on any atom is 0.283 e. The number of aromatic nitrogens is 1. The molecule has 0 saturated carbocycles. The highest BCUT2D eigenvalue weighted by Gasteiger charge is 2.36. The fraction of sp³-hybridized carbons (Fsp3) is 0.0370. The monoisotopic (exact) mass is 513 g/mol. The summed E-state index contributed by atoms with van der Waals surface area (Å²) in [5, 5.41) is 16.9. The normalized spacial score (nSPS) is 16.5. The van der Waals surface area contributed by atoms with E-state index in [9.17, 15) is 9.18 Å². The third-order valence-corrected chi connectivity index (χ3v) is 7.25. The summed E-state index contributed by atoms with van der Waals surface area (Å²) in [4.78, 5) is 17.2. The van der Waals surface area contributed by atoms with Crippen LogP contribution in [0, 0.1) is 11.2 Å². The number of rotatable bonds is 4. The van der Waals surface area contributed by atoms with Gasteiger partial charge in [-0.1, -0.05) is 66.2 Å². The SMILES string of the molecule is N=C1C(=Cc2cn(Cc3ccccc3F)c3ccccc23)C(=O)N=C2SC(c3ccccc3Cl)=NN12. The molecular weight excluding hydrogens is 497 g/mol. The quantitative estimate of drug-likeness (QED) is 0.333. The predicted molar refractivity (Wildman–Crippen MR) is 143 cm³/mol. The van der Waals surface area contributed by atoms with Gasteiger partial charge in [-0.05, 0) is 36.0 Å². The van der Waals surface area contributed by atoms with Gasteiger partial charge >= 0.3 is 0 Å². The number of aliphatic imine (C=N–C) groups is 1. The van der Waals surface area contributed by atoms with Crippen LogP contribution in [0.25, 0.3) is 17.0 Å². The molecule has 0 radical (unpaired) electrons. The highest BCUT2D eigenvalue weighted by atomic mass is 35.5. The number of amides is 1. The van der Waals surface area contributed by atoms with Crippen molar-refractivity contribution in [2.45, 2.75) is 6.54 Å². The van der Waals surface area contributed by atoms with E-state index in [-0.39, 0.29) is 17.2 Å². The number of amidine groups is 2. The molecule has 4 aromatic rings. The van der Waals surface area contributed by atoms with Gasteiger partial charge in [-0.25, -0.2) is 4.39 Å². The Hall–Kier alpha value is -4.01. The van der Waals surface area contributed by atoms with E-state index >= 15 is 0 Å². The van der Waals surface area contributed by atoms with Crippen LogP contribution >= 0.6 is 23.4 Å². The topological polar surface area (TPSA) is 73.8 Å². The summed E-state index contributed by atoms with van der Waals surface area (Å²) >= 11 is 7.52. The van der Waals surface area contributed by atoms with Crippen molar-refractivity contribution < 1.29 is 9.18 Å². The summed E-state index contributed by atoms with van der Waals surface area (Å²) in [7, 11) is 0. The number of carbonyl (C=O) groups is 1.